The molecule has 0 aromatic rings. The van der Waals surface area contributed by atoms with Gasteiger partial charge in [-0.2, -0.15) is 0 Å². The second-order valence-electron chi connectivity index (χ2n) is 0.960. The monoisotopic (exact) mass is 169 g/mol. The van der Waals surface area contributed by atoms with Crippen LogP contribution in [0, 0.1) is 6.54 Å². The molecule has 0 aliphatic rings. The average Bonchev–Trinajstić information content (AvgIpc) is 1.30. The zero-order chi connectivity index (χ0) is 5.91. The van der Waals surface area contributed by atoms with E-state index in [-0.39, 0.29) is 59.1 Å². The molecule has 0 heterocycles. The molecule has 0 aromatic carbocycles. The molecule has 9 heavy (non-hydrogen) atoms. The van der Waals surface area contributed by atoms with Crippen molar-refractivity contribution in [2.45, 2.75) is 0 Å². The topological polar surface area (TPSA) is 83.2 Å². The first-order valence-corrected chi connectivity index (χ1v) is 3.11. The summed E-state index contributed by atoms with van der Waals surface area (Å²) in [5.41, 5.74) is 4.61. The first-order valence-electron chi connectivity index (χ1n) is 1.53. The summed E-state index contributed by atoms with van der Waals surface area (Å²) in [5.74, 6) is -0.590. The molecule has 44 valence electrons. The number of nitrogens with two attached hydrogens (primary N) is 1. The van der Waals surface area contributed by atoms with E-state index in [0.29, 0.717) is 0 Å². The molecule has 0 aliphatic heterocycles. The van der Waals surface area contributed by atoms with Crippen LogP contribution in [0.4, 0.5) is 0 Å². The molecule has 0 aromatic heterocycles. The van der Waals surface area contributed by atoms with Gasteiger partial charge < -0.3 is 10.3 Å². The molecule has 0 atom stereocenters. The van der Waals surface area contributed by atoms with Gasteiger partial charge in [-0.25, -0.2) is 8.42 Å². The Hall–Kier alpha value is 1.87. The van der Waals surface area contributed by atoms with Gasteiger partial charge in [0.05, 0.1) is 10.1 Å². The number of hydrogen-bond acceptors (Lipinski definition) is 4. The predicted octanol–water partition coefficient (Wildman–Crippen LogP) is -7.34. The van der Waals surface area contributed by atoms with E-state index in [0.717, 1.165) is 6.54 Å². The summed E-state index contributed by atoms with van der Waals surface area (Å²) in [6, 6.07) is 0. The van der Waals surface area contributed by atoms with E-state index >= 15 is 0 Å². The van der Waals surface area contributed by atoms with Crippen LogP contribution in [0.1, 0.15) is 0 Å². The Kier molecular flexibility index (Phi) is 15.1. The van der Waals surface area contributed by atoms with Crippen molar-refractivity contribution in [3.63, 3.8) is 0 Å². The van der Waals surface area contributed by atoms with Gasteiger partial charge in [0.2, 0.25) is 0 Å². The maximum Gasteiger partial charge on any atom is 1.00 e. The quantitative estimate of drug-likeness (QED) is 0.253. The molecule has 0 aliphatic carbocycles. The summed E-state index contributed by atoms with van der Waals surface area (Å²) in [5, 5.41) is 0. The summed E-state index contributed by atoms with van der Waals surface area (Å²) in [7, 11) is -4.10. The molecule has 2 N–H and O–H groups in total. The van der Waals surface area contributed by atoms with Crippen molar-refractivity contribution in [3.8, 4) is 0 Å². The van der Waals surface area contributed by atoms with E-state index < -0.39 is 15.9 Å². The predicted molar refractivity (Wildman–Crippen MR) is 23.1 cm³/mol. The van der Waals surface area contributed by atoms with Crippen LogP contribution in [0.2, 0.25) is 0 Å². The molecule has 0 saturated carbocycles. The van der Waals surface area contributed by atoms with E-state index in [1.54, 1.807) is 0 Å². The van der Waals surface area contributed by atoms with Crippen LogP contribution < -0.4 is 64.8 Å². The molecule has 0 fully saturated rings. The van der Waals surface area contributed by atoms with Gasteiger partial charge in [-0.1, -0.05) is 5.75 Å². The summed E-state index contributed by atoms with van der Waals surface area (Å²) in [6.45, 7) is 0.808. The van der Waals surface area contributed by atoms with Crippen LogP contribution in [0.15, 0.2) is 0 Å². The van der Waals surface area contributed by atoms with Crippen molar-refractivity contribution in [2.24, 2.45) is 5.73 Å². The van der Waals surface area contributed by atoms with Crippen molar-refractivity contribution in [1.82, 2.24) is 0 Å². The second kappa shape index (κ2) is 7.97. The van der Waals surface area contributed by atoms with Gasteiger partial charge in [-0.15, -0.1) is 0 Å². The fourth-order valence-electron chi connectivity index (χ4n) is 0.118. The van der Waals surface area contributed by atoms with Gasteiger partial charge in [-0.3, -0.25) is 6.54 Å². The number of hydrogen-bond donors (Lipinski definition) is 1. The minimum absolute atomic E-state index is 0. The van der Waals surface area contributed by atoms with Crippen LogP contribution in [0.5, 0.6) is 0 Å². The maximum absolute atomic E-state index is 9.56. The Morgan fingerprint density at radius 1 is 1.44 bits per heavy atom. The van der Waals surface area contributed by atoms with Crippen LogP contribution in [-0.2, 0) is 10.1 Å². The Labute approximate surface area is 98.9 Å². The van der Waals surface area contributed by atoms with E-state index in [1.165, 1.54) is 0 Å². The molecule has 0 radical (unpaired) electrons. The van der Waals surface area contributed by atoms with Gasteiger partial charge in [0, 0.05) is 0 Å². The van der Waals surface area contributed by atoms with E-state index in [1.807, 2.05) is 0 Å². The Morgan fingerprint density at radius 3 is 1.78 bits per heavy atom. The molecule has 0 saturated heterocycles. The average molecular weight is 169 g/mol. The minimum atomic E-state index is -4.10. The summed E-state index contributed by atoms with van der Waals surface area (Å²) < 4.78 is 28.7. The third kappa shape index (κ3) is 17.7. The van der Waals surface area contributed by atoms with Crippen molar-refractivity contribution < 1.29 is 72.1 Å². The van der Waals surface area contributed by atoms with Gasteiger partial charge in [0.1, 0.15) is 0 Å². The first kappa shape index (κ1) is 17.1. The van der Waals surface area contributed by atoms with Crippen molar-refractivity contribution in [1.29, 1.82) is 0 Å². The third-order valence-electron chi connectivity index (χ3n) is 0.300. The van der Waals surface area contributed by atoms with Crippen molar-refractivity contribution in [2.75, 3.05) is 5.75 Å². The SMILES string of the molecule is N[CH-]CS(=O)(=O)[O-].[Na+].[Na+]. The van der Waals surface area contributed by atoms with Crippen molar-refractivity contribution in [3.05, 3.63) is 6.54 Å². The van der Waals surface area contributed by atoms with Crippen molar-refractivity contribution >= 4 is 10.1 Å². The Morgan fingerprint density at radius 2 is 1.78 bits per heavy atom. The largest absolute Gasteiger partial charge is 1.00 e. The second-order valence-corrected chi connectivity index (χ2v) is 2.41. The fourth-order valence-corrected chi connectivity index (χ4v) is 0.354. The Bertz CT molecular complexity index is 133. The smallest absolute Gasteiger partial charge is 0.750 e. The van der Waals surface area contributed by atoms with Crippen LogP contribution in [0.3, 0.4) is 0 Å². The third-order valence-corrected chi connectivity index (χ3v) is 0.901. The van der Waals surface area contributed by atoms with Crippen LogP contribution in [0.25, 0.3) is 0 Å². The van der Waals surface area contributed by atoms with E-state index in [9.17, 15) is 13.0 Å². The molecular formula is C2H5NNa2O3S. The van der Waals surface area contributed by atoms with Gasteiger partial charge in [-0.05, 0) is 0 Å². The summed E-state index contributed by atoms with van der Waals surface area (Å²) in [4.78, 5) is 0. The molecule has 0 spiro atoms. The minimum Gasteiger partial charge on any atom is -0.750 e. The number of rotatable bonds is 2. The zero-order valence-electron chi connectivity index (χ0n) is 5.49. The summed E-state index contributed by atoms with van der Waals surface area (Å²) in [6.07, 6.45) is 0. The first-order chi connectivity index (χ1) is 3.06. The van der Waals surface area contributed by atoms with Crippen LogP contribution >= 0.6 is 0 Å². The van der Waals surface area contributed by atoms with Gasteiger partial charge in [0.15, 0.2) is 0 Å². The molecule has 0 rings (SSSR count). The van der Waals surface area contributed by atoms with Gasteiger partial charge >= 0.3 is 59.1 Å². The maximum atomic E-state index is 9.56. The van der Waals surface area contributed by atoms with Gasteiger partial charge in [0.25, 0.3) is 0 Å². The zero-order valence-corrected chi connectivity index (χ0v) is 10.3. The normalized spacial score (nSPS) is 9.11. The molecule has 0 unspecified atom stereocenters. The Balaban J connectivity index is -0.000000180. The van der Waals surface area contributed by atoms with Crippen LogP contribution in [-0.4, -0.2) is 18.7 Å². The molecule has 7 heteroatoms. The molecular weight excluding hydrogens is 164 g/mol. The van der Waals surface area contributed by atoms with E-state index in [4.69, 9.17) is 0 Å². The fraction of sp³-hybridized carbons (Fsp3) is 0.500. The standard InChI is InChI=1S/C2H6NO3S.2Na/c3-1-2-7(4,5)6;;/h1H,2-3H2,(H,4,5,6);;/q-1;2*+1/p-1. The summed E-state index contributed by atoms with van der Waals surface area (Å²) >= 11 is 0. The molecule has 0 bridgehead atoms. The molecule has 0 amide bonds. The van der Waals surface area contributed by atoms with E-state index in [2.05, 4.69) is 5.73 Å². The molecule has 4 nitrogen and oxygen atoms in total.